The van der Waals surface area contributed by atoms with Gasteiger partial charge in [-0.2, -0.15) is 0 Å². The first-order valence-corrected chi connectivity index (χ1v) is 8.45. The van der Waals surface area contributed by atoms with Crippen LogP contribution in [-0.4, -0.2) is 25.5 Å². The molecule has 0 aliphatic heterocycles. The van der Waals surface area contributed by atoms with Crippen LogP contribution in [0.5, 0.6) is 17.2 Å². The largest absolute Gasteiger partial charge is 0.512 e. The van der Waals surface area contributed by atoms with Gasteiger partial charge < -0.3 is 25.5 Å². The molecule has 0 saturated carbocycles. The molecule has 2 aromatic rings. The second kappa shape index (κ2) is 7.04. The lowest BCUT2D eigenvalue weighted by atomic mass is 9.88. The molecule has 0 spiro atoms. The van der Waals surface area contributed by atoms with Crippen LogP contribution in [0.3, 0.4) is 0 Å². The zero-order valence-electron chi connectivity index (χ0n) is 14.5. The molecule has 5 nitrogen and oxygen atoms in total. The molecule has 26 heavy (non-hydrogen) atoms. The van der Waals surface area contributed by atoms with E-state index in [1.54, 1.807) is 12.1 Å². The Morgan fingerprint density at radius 3 is 2.35 bits per heavy atom. The highest BCUT2D eigenvalue weighted by Gasteiger charge is 2.21. The summed E-state index contributed by atoms with van der Waals surface area (Å²) in [6.07, 6.45) is 4.23. The van der Waals surface area contributed by atoms with Gasteiger partial charge in [-0.05, 0) is 48.6 Å². The van der Waals surface area contributed by atoms with Crippen molar-refractivity contribution in [1.29, 1.82) is 0 Å². The van der Waals surface area contributed by atoms with Gasteiger partial charge in [0.25, 0.3) is 0 Å². The maximum atomic E-state index is 10.7. The van der Waals surface area contributed by atoms with Gasteiger partial charge in [0.2, 0.25) is 0 Å². The van der Waals surface area contributed by atoms with Crippen molar-refractivity contribution in [3.63, 3.8) is 0 Å². The van der Waals surface area contributed by atoms with Crippen molar-refractivity contribution >= 4 is 0 Å². The van der Waals surface area contributed by atoms with E-state index in [0.29, 0.717) is 36.0 Å². The van der Waals surface area contributed by atoms with Gasteiger partial charge in [-0.1, -0.05) is 23.8 Å². The van der Waals surface area contributed by atoms with E-state index < -0.39 is 0 Å². The average Bonchev–Trinajstić information content (AvgIpc) is 2.56. The van der Waals surface area contributed by atoms with Gasteiger partial charge in [-0.3, -0.25) is 0 Å². The Balaban J connectivity index is 1.88. The minimum absolute atomic E-state index is 0.0173. The summed E-state index contributed by atoms with van der Waals surface area (Å²) in [5.74, 6) is 0.0414. The Kier molecular flexibility index (Phi) is 4.80. The number of benzene rings is 2. The van der Waals surface area contributed by atoms with Crippen LogP contribution in [0.15, 0.2) is 54.0 Å². The van der Waals surface area contributed by atoms with Crippen LogP contribution < -0.4 is 0 Å². The van der Waals surface area contributed by atoms with Crippen LogP contribution in [0.2, 0.25) is 0 Å². The van der Waals surface area contributed by atoms with E-state index in [1.165, 1.54) is 18.2 Å². The lowest BCUT2D eigenvalue weighted by molar-refractivity contribution is 0.308. The average molecular weight is 354 g/mol. The molecule has 0 saturated heterocycles. The van der Waals surface area contributed by atoms with Gasteiger partial charge in [0, 0.05) is 24.5 Å². The van der Waals surface area contributed by atoms with Crippen molar-refractivity contribution in [2.75, 3.05) is 0 Å². The van der Waals surface area contributed by atoms with Gasteiger partial charge in [-0.25, -0.2) is 0 Å². The molecular formula is C21H22O5. The van der Waals surface area contributed by atoms with E-state index in [4.69, 9.17) is 0 Å². The van der Waals surface area contributed by atoms with Crippen LogP contribution in [0, 0.1) is 12.8 Å². The summed E-state index contributed by atoms with van der Waals surface area (Å²) in [6, 6.07) is 8.11. The smallest absolute Gasteiger partial charge is 0.122 e. The van der Waals surface area contributed by atoms with Crippen molar-refractivity contribution in [3.8, 4) is 17.2 Å². The summed E-state index contributed by atoms with van der Waals surface area (Å²) in [6.45, 7) is 1.92. The van der Waals surface area contributed by atoms with E-state index in [0.717, 1.165) is 5.56 Å². The predicted molar refractivity (Wildman–Crippen MR) is 98.7 cm³/mol. The fraction of sp³-hybridized carbons (Fsp3) is 0.238. The van der Waals surface area contributed by atoms with Crippen molar-refractivity contribution in [3.05, 3.63) is 76.3 Å². The fourth-order valence-corrected chi connectivity index (χ4v) is 3.30. The number of phenols is 3. The fourth-order valence-electron chi connectivity index (χ4n) is 3.30. The van der Waals surface area contributed by atoms with Crippen LogP contribution in [0.4, 0.5) is 0 Å². The van der Waals surface area contributed by atoms with E-state index >= 15 is 0 Å². The Labute approximate surface area is 151 Å². The van der Waals surface area contributed by atoms with Crippen LogP contribution in [0.1, 0.15) is 28.7 Å². The highest BCUT2D eigenvalue weighted by Crippen LogP contribution is 2.34. The molecule has 0 heterocycles. The number of allylic oxidation sites excluding steroid dienone is 3. The van der Waals surface area contributed by atoms with E-state index in [-0.39, 0.29) is 34.7 Å². The Morgan fingerprint density at radius 2 is 1.65 bits per heavy atom. The van der Waals surface area contributed by atoms with E-state index in [9.17, 15) is 25.5 Å². The summed E-state index contributed by atoms with van der Waals surface area (Å²) in [4.78, 5) is 0. The Morgan fingerprint density at radius 1 is 0.923 bits per heavy atom. The molecular weight excluding hydrogens is 332 g/mol. The maximum Gasteiger partial charge on any atom is 0.122 e. The lowest BCUT2D eigenvalue weighted by Crippen LogP contribution is -2.11. The van der Waals surface area contributed by atoms with Crippen molar-refractivity contribution < 1.29 is 25.5 Å². The zero-order valence-corrected chi connectivity index (χ0v) is 14.5. The van der Waals surface area contributed by atoms with Crippen LogP contribution in [-0.2, 0) is 12.8 Å². The highest BCUT2D eigenvalue weighted by atomic mass is 16.3. The first-order chi connectivity index (χ1) is 12.3. The first kappa shape index (κ1) is 17.7. The summed E-state index contributed by atoms with van der Waals surface area (Å²) in [5.41, 5.74) is 2.93. The number of phenolic OH excluding ortho intramolecular Hbond substituents is 3. The normalized spacial score (nSPS) is 16.9. The maximum absolute atomic E-state index is 10.7. The molecule has 1 atom stereocenters. The van der Waals surface area contributed by atoms with Gasteiger partial charge in [0.15, 0.2) is 0 Å². The molecule has 0 bridgehead atoms. The SMILES string of the molecule is Cc1cc(Cc2ccc(O)cc2O)c(O)c(CC2CC=C(O)C=C2O)c1. The molecule has 5 heteroatoms. The highest BCUT2D eigenvalue weighted by molar-refractivity contribution is 5.49. The molecule has 0 aromatic heterocycles. The molecule has 0 amide bonds. The summed E-state index contributed by atoms with van der Waals surface area (Å²) in [5, 5.41) is 49.6. The van der Waals surface area contributed by atoms with Crippen molar-refractivity contribution in [2.24, 2.45) is 5.92 Å². The number of aliphatic hydroxyl groups excluding tert-OH is 2. The van der Waals surface area contributed by atoms with Gasteiger partial charge in [0.1, 0.15) is 23.0 Å². The minimum atomic E-state index is -0.200. The number of rotatable bonds is 4. The molecule has 5 N–H and O–H groups in total. The van der Waals surface area contributed by atoms with Crippen molar-refractivity contribution in [1.82, 2.24) is 0 Å². The standard InChI is InChI=1S/C21H22O5/c1-12-6-15(8-13-2-4-17(22)10-19(13)24)21(26)16(7-12)9-14-3-5-18(23)11-20(14)25/h2,4-7,10-11,14,22-26H,3,8-9H2,1H3. The van der Waals surface area contributed by atoms with Gasteiger partial charge in [-0.15, -0.1) is 0 Å². The minimum Gasteiger partial charge on any atom is -0.512 e. The quantitative estimate of drug-likeness (QED) is 0.568. The third kappa shape index (κ3) is 3.77. The number of hydrogen-bond acceptors (Lipinski definition) is 5. The zero-order chi connectivity index (χ0) is 18.8. The molecule has 1 aliphatic carbocycles. The Hall–Kier alpha value is -3.08. The van der Waals surface area contributed by atoms with Gasteiger partial charge in [0.05, 0.1) is 5.76 Å². The molecule has 0 fully saturated rings. The van der Waals surface area contributed by atoms with Crippen LogP contribution in [0.25, 0.3) is 0 Å². The van der Waals surface area contributed by atoms with E-state index in [2.05, 4.69) is 0 Å². The molecule has 136 valence electrons. The number of aromatic hydroxyl groups is 3. The summed E-state index contributed by atoms with van der Waals surface area (Å²) >= 11 is 0. The third-order valence-electron chi connectivity index (χ3n) is 4.65. The summed E-state index contributed by atoms with van der Waals surface area (Å²) in [7, 11) is 0. The number of aliphatic hydroxyl groups is 2. The Bertz CT molecular complexity index is 896. The van der Waals surface area contributed by atoms with E-state index in [1.807, 2.05) is 19.1 Å². The van der Waals surface area contributed by atoms with Gasteiger partial charge >= 0.3 is 0 Å². The molecule has 1 aliphatic rings. The molecule has 3 rings (SSSR count). The second-order valence-corrected chi connectivity index (χ2v) is 6.76. The third-order valence-corrected chi connectivity index (χ3v) is 4.65. The predicted octanol–water partition coefficient (Wildman–Crippen LogP) is 4.15. The topological polar surface area (TPSA) is 101 Å². The second-order valence-electron chi connectivity index (χ2n) is 6.76. The molecule has 2 aromatic carbocycles. The number of hydrogen-bond donors (Lipinski definition) is 5. The van der Waals surface area contributed by atoms with Crippen LogP contribution >= 0.6 is 0 Å². The van der Waals surface area contributed by atoms with Crippen molar-refractivity contribution in [2.45, 2.75) is 26.2 Å². The first-order valence-electron chi connectivity index (χ1n) is 8.45. The molecule has 1 unspecified atom stereocenters. The monoisotopic (exact) mass is 354 g/mol. The molecule has 0 radical (unpaired) electrons. The summed E-state index contributed by atoms with van der Waals surface area (Å²) < 4.78 is 0. The lowest BCUT2D eigenvalue weighted by Gasteiger charge is -2.20. The number of aryl methyl sites for hydroxylation is 1.